The normalized spacial score (nSPS) is 28.5. The molecule has 0 bridgehead atoms. The van der Waals surface area contributed by atoms with E-state index in [9.17, 15) is 0 Å². The quantitative estimate of drug-likeness (QED) is 0.600. The lowest BCUT2D eigenvalue weighted by molar-refractivity contribution is 0.817. The summed E-state index contributed by atoms with van der Waals surface area (Å²) in [5, 5.41) is 0. The molecule has 57 valence electrons. The van der Waals surface area contributed by atoms with Crippen LogP contribution in [0.4, 0.5) is 0 Å². The van der Waals surface area contributed by atoms with Gasteiger partial charge in [0.1, 0.15) is 0 Å². The summed E-state index contributed by atoms with van der Waals surface area (Å²) < 4.78 is 0. The maximum Gasteiger partial charge on any atom is -0.0131 e. The maximum atomic E-state index is 3.92. The number of hydrogen-bond donors (Lipinski definition) is 0. The molecule has 0 aliphatic heterocycles. The molecule has 2 rings (SSSR count). The fourth-order valence-corrected chi connectivity index (χ4v) is 1.68. The van der Waals surface area contributed by atoms with Crippen molar-refractivity contribution in [1.29, 1.82) is 0 Å². The minimum absolute atomic E-state index is 0.827. The molecule has 11 heavy (non-hydrogen) atoms. The third kappa shape index (κ3) is 1.30. The number of hydrogen-bond acceptors (Lipinski definition) is 0. The van der Waals surface area contributed by atoms with Gasteiger partial charge in [0.25, 0.3) is 0 Å². The lowest BCUT2D eigenvalue weighted by Gasteiger charge is -1.96. The lowest BCUT2D eigenvalue weighted by atomic mass is 10.1. The van der Waals surface area contributed by atoms with Crippen molar-refractivity contribution in [2.75, 3.05) is 0 Å². The number of benzene rings is 1. The summed E-state index contributed by atoms with van der Waals surface area (Å²) in [4.78, 5) is 0. The molecule has 0 saturated heterocycles. The standard InChI is InChI=1S/C11H13/c1-2-9-8-11(9)10-6-4-3-5-7-10/h3-7,9,11H,1-2,8H2. The molecule has 0 nitrogen and oxygen atoms in total. The summed E-state index contributed by atoms with van der Waals surface area (Å²) in [6, 6.07) is 10.8. The Morgan fingerprint density at radius 3 is 2.55 bits per heavy atom. The van der Waals surface area contributed by atoms with Crippen LogP contribution < -0.4 is 0 Å². The zero-order valence-electron chi connectivity index (χ0n) is 6.66. The van der Waals surface area contributed by atoms with E-state index in [1.165, 1.54) is 12.0 Å². The molecule has 0 heterocycles. The SMILES string of the molecule is [CH2]CC1CC1c1ccccc1. The van der Waals surface area contributed by atoms with Crippen molar-refractivity contribution in [3.8, 4) is 0 Å². The highest BCUT2D eigenvalue weighted by Gasteiger charge is 2.35. The molecule has 0 heteroatoms. The first-order valence-electron chi connectivity index (χ1n) is 4.26. The summed E-state index contributed by atoms with van der Waals surface area (Å²) in [6.45, 7) is 3.92. The highest BCUT2D eigenvalue weighted by atomic mass is 14.4. The Labute approximate surface area is 68.3 Å². The van der Waals surface area contributed by atoms with E-state index in [0.29, 0.717) is 0 Å². The highest BCUT2D eigenvalue weighted by molar-refractivity contribution is 5.25. The second-order valence-corrected chi connectivity index (χ2v) is 3.30. The van der Waals surface area contributed by atoms with Gasteiger partial charge >= 0.3 is 0 Å². The topological polar surface area (TPSA) is 0 Å². The molecule has 1 aliphatic carbocycles. The van der Waals surface area contributed by atoms with Crippen LogP contribution in [-0.4, -0.2) is 0 Å². The van der Waals surface area contributed by atoms with Crippen LogP contribution in [0.15, 0.2) is 30.3 Å². The molecule has 2 atom stereocenters. The van der Waals surface area contributed by atoms with E-state index in [0.717, 1.165) is 18.3 Å². The van der Waals surface area contributed by atoms with E-state index in [2.05, 4.69) is 37.3 Å². The minimum atomic E-state index is 0.827. The van der Waals surface area contributed by atoms with E-state index in [4.69, 9.17) is 0 Å². The molecule has 1 aromatic rings. The van der Waals surface area contributed by atoms with Gasteiger partial charge in [-0.2, -0.15) is 0 Å². The van der Waals surface area contributed by atoms with Crippen molar-refractivity contribution in [3.63, 3.8) is 0 Å². The molecule has 1 fully saturated rings. The van der Waals surface area contributed by atoms with Gasteiger partial charge in [0.2, 0.25) is 0 Å². The molecular formula is C11H13. The second kappa shape index (κ2) is 2.69. The van der Waals surface area contributed by atoms with E-state index in [1.807, 2.05) is 0 Å². The molecule has 2 unspecified atom stereocenters. The predicted molar refractivity (Wildman–Crippen MR) is 47.3 cm³/mol. The summed E-state index contributed by atoms with van der Waals surface area (Å²) in [6.07, 6.45) is 2.45. The van der Waals surface area contributed by atoms with Crippen molar-refractivity contribution in [2.45, 2.75) is 18.8 Å². The Bertz CT molecular complexity index is 225. The van der Waals surface area contributed by atoms with Crippen LogP contribution in [0.5, 0.6) is 0 Å². The summed E-state index contributed by atoms with van der Waals surface area (Å²) in [5.74, 6) is 1.70. The molecule has 0 spiro atoms. The van der Waals surface area contributed by atoms with E-state index >= 15 is 0 Å². The molecule has 0 N–H and O–H groups in total. The van der Waals surface area contributed by atoms with Crippen LogP contribution in [0.2, 0.25) is 0 Å². The van der Waals surface area contributed by atoms with Gasteiger partial charge in [0.15, 0.2) is 0 Å². The number of rotatable bonds is 2. The Morgan fingerprint density at radius 2 is 2.00 bits per heavy atom. The van der Waals surface area contributed by atoms with Gasteiger partial charge in [-0.15, -0.1) is 0 Å². The Morgan fingerprint density at radius 1 is 1.27 bits per heavy atom. The van der Waals surface area contributed by atoms with Gasteiger partial charge in [0.05, 0.1) is 0 Å². The Hall–Kier alpha value is -0.780. The maximum absolute atomic E-state index is 3.92. The van der Waals surface area contributed by atoms with Gasteiger partial charge in [-0.05, 0) is 30.2 Å². The lowest BCUT2D eigenvalue weighted by Crippen LogP contribution is -1.80. The van der Waals surface area contributed by atoms with Crippen LogP contribution >= 0.6 is 0 Å². The second-order valence-electron chi connectivity index (χ2n) is 3.30. The fourth-order valence-electron chi connectivity index (χ4n) is 1.68. The zero-order chi connectivity index (χ0) is 7.68. The highest BCUT2D eigenvalue weighted by Crippen LogP contribution is 2.48. The fraction of sp³-hybridized carbons (Fsp3) is 0.364. The molecule has 0 amide bonds. The first-order valence-corrected chi connectivity index (χ1v) is 4.26. The Balaban J connectivity index is 2.09. The molecular weight excluding hydrogens is 132 g/mol. The van der Waals surface area contributed by atoms with Gasteiger partial charge in [-0.25, -0.2) is 0 Å². The average molecular weight is 145 g/mol. The van der Waals surface area contributed by atoms with Crippen molar-refractivity contribution in [3.05, 3.63) is 42.8 Å². The van der Waals surface area contributed by atoms with Gasteiger partial charge < -0.3 is 0 Å². The summed E-state index contributed by atoms with van der Waals surface area (Å²) >= 11 is 0. The van der Waals surface area contributed by atoms with Gasteiger partial charge in [-0.1, -0.05) is 37.3 Å². The third-order valence-electron chi connectivity index (χ3n) is 2.52. The summed E-state index contributed by atoms with van der Waals surface area (Å²) in [7, 11) is 0. The van der Waals surface area contributed by atoms with Crippen LogP contribution in [0, 0.1) is 12.8 Å². The molecule has 1 aromatic carbocycles. The first-order chi connectivity index (χ1) is 5.42. The smallest absolute Gasteiger partial charge is 0.0131 e. The Kier molecular flexibility index (Phi) is 1.69. The molecule has 1 saturated carbocycles. The largest absolute Gasteiger partial charge is 0.0622 e. The van der Waals surface area contributed by atoms with Gasteiger partial charge in [0, 0.05) is 0 Å². The van der Waals surface area contributed by atoms with Crippen LogP contribution in [0.1, 0.15) is 24.3 Å². The first kappa shape index (κ1) is 6.90. The van der Waals surface area contributed by atoms with Crippen molar-refractivity contribution >= 4 is 0 Å². The molecule has 0 aromatic heterocycles. The van der Waals surface area contributed by atoms with E-state index < -0.39 is 0 Å². The summed E-state index contributed by atoms with van der Waals surface area (Å²) in [5.41, 5.74) is 1.50. The molecule has 1 aliphatic rings. The molecule has 1 radical (unpaired) electrons. The van der Waals surface area contributed by atoms with E-state index in [1.54, 1.807) is 0 Å². The van der Waals surface area contributed by atoms with Crippen molar-refractivity contribution < 1.29 is 0 Å². The minimum Gasteiger partial charge on any atom is -0.0622 e. The van der Waals surface area contributed by atoms with Gasteiger partial charge in [-0.3, -0.25) is 0 Å². The van der Waals surface area contributed by atoms with Crippen LogP contribution in [0.3, 0.4) is 0 Å². The van der Waals surface area contributed by atoms with Crippen LogP contribution in [-0.2, 0) is 0 Å². The van der Waals surface area contributed by atoms with E-state index in [-0.39, 0.29) is 0 Å². The third-order valence-corrected chi connectivity index (χ3v) is 2.52. The monoisotopic (exact) mass is 145 g/mol. The average Bonchev–Trinajstić information content (AvgIpc) is 2.85. The van der Waals surface area contributed by atoms with Crippen molar-refractivity contribution in [1.82, 2.24) is 0 Å². The predicted octanol–water partition coefficient (Wildman–Crippen LogP) is 3.01. The zero-order valence-corrected chi connectivity index (χ0v) is 6.66. The van der Waals surface area contributed by atoms with Crippen LogP contribution in [0.25, 0.3) is 0 Å². The van der Waals surface area contributed by atoms with Crippen molar-refractivity contribution in [2.24, 2.45) is 5.92 Å².